The Balaban J connectivity index is 1.99. The average molecular weight is 265 g/mol. The van der Waals surface area contributed by atoms with Gasteiger partial charge < -0.3 is 10.4 Å². The second-order valence-electron chi connectivity index (χ2n) is 4.90. The normalized spacial score (nSPS) is 21.2. The highest BCUT2D eigenvalue weighted by atomic mass is 32.2. The number of fused-ring (bicyclic) bond motifs is 1. The first kappa shape index (κ1) is 13.4. The Morgan fingerprint density at radius 1 is 1.50 bits per heavy atom. The number of thioether (sulfide) groups is 1. The van der Waals surface area contributed by atoms with Crippen LogP contribution in [0, 0.1) is 0 Å². The third-order valence-corrected chi connectivity index (χ3v) is 4.28. The second kappa shape index (κ2) is 5.76. The monoisotopic (exact) mass is 265 g/mol. The molecule has 0 saturated carbocycles. The van der Waals surface area contributed by atoms with Crippen molar-refractivity contribution in [3.63, 3.8) is 0 Å². The smallest absolute Gasteiger partial charge is 0.228 e. The molecule has 1 aliphatic heterocycles. The number of carbonyl (C=O) groups is 1. The second-order valence-corrected chi connectivity index (χ2v) is 5.96. The van der Waals surface area contributed by atoms with Gasteiger partial charge in [0.2, 0.25) is 5.91 Å². The van der Waals surface area contributed by atoms with Gasteiger partial charge in [-0.1, -0.05) is 18.2 Å². The lowest BCUT2D eigenvalue weighted by atomic mass is 10.00. The number of aliphatic hydroxyl groups is 1. The molecule has 1 aromatic rings. The molecule has 1 aromatic carbocycles. The topological polar surface area (TPSA) is 49.3 Å². The van der Waals surface area contributed by atoms with Gasteiger partial charge in [0.05, 0.1) is 12.0 Å². The van der Waals surface area contributed by atoms with Gasteiger partial charge in [0.15, 0.2) is 0 Å². The molecule has 1 heterocycles. The van der Waals surface area contributed by atoms with Crippen molar-refractivity contribution in [3.05, 3.63) is 29.8 Å². The summed E-state index contributed by atoms with van der Waals surface area (Å²) >= 11 is 1.74. The van der Waals surface area contributed by atoms with Gasteiger partial charge in [0.1, 0.15) is 0 Å². The zero-order valence-corrected chi connectivity index (χ0v) is 11.5. The van der Waals surface area contributed by atoms with E-state index in [4.69, 9.17) is 0 Å². The van der Waals surface area contributed by atoms with E-state index in [1.165, 1.54) is 4.90 Å². The maximum atomic E-state index is 12.2. The summed E-state index contributed by atoms with van der Waals surface area (Å²) in [5.41, 5.74) is 1.13. The Morgan fingerprint density at radius 3 is 2.94 bits per heavy atom. The molecular formula is C14H19NO2S. The van der Waals surface area contributed by atoms with Crippen LogP contribution < -0.4 is 5.32 Å². The van der Waals surface area contributed by atoms with E-state index >= 15 is 0 Å². The highest BCUT2D eigenvalue weighted by Crippen LogP contribution is 2.39. The summed E-state index contributed by atoms with van der Waals surface area (Å²) in [7, 11) is 0. The third-order valence-electron chi connectivity index (χ3n) is 3.10. The standard InChI is InChI=1S/C14H19NO2S/c1-9(7-10(2)16)15-14(17)12-8-18-13-6-4-3-5-11(12)13/h3-6,9-10,12,16H,7-8H2,1-2H3,(H,15,17). The van der Waals surface area contributed by atoms with E-state index < -0.39 is 0 Å². The van der Waals surface area contributed by atoms with Crippen LogP contribution in [0.15, 0.2) is 29.2 Å². The van der Waals surface area contributed by atoms with E-state index in [0.29, 0.717) is 6.42 Å². The highest BCUT2D eigenvalue weighted by Gasteiger charge is 2.29. The molecule has 3 atom stereocenters. The lowest BCUT2D eigenvalue weighted by molar-refractivity contribution is -0.122. The summed E-state index contributed by atoms with van der Waals surface area (Å²) in [6, 6.07) is 8.08. The quantitative estimate of drug-likeness (QED) is 0.877. The summed E-state index contributed by atoms with van der Waals surface area (Å²) in [5, 5.41) is 12.3. The van der Waals surface area contributed by atoms with Crippen molar-refractivity contribution < 1.29 is 9.90 Å². The fourth-order valence-electron chi connectivity index (χ4n) is 2.29. The van der Waals surface area contributed by atoms with Crippen molar-refractivity contribution in [2.24, 2.45) is 0 Å². The van der Waals surface area contributed by atoms with Gasteiger partial charge in [-0.05, 0) is 31.9 Å². The number of carbonyl (C=O) groups excluding carboxylic acids is 1. The average Bonchev–Trinajstić information content (AvgIpc) is 2.71. The summed E-state index contributed by atoms with van der Waals surface area (Å²) < 4.78 is 0. The van der Waals surface area contributed by atoms with E-state index in [1.807, 2.05) is 25.1 Å². The van der Waals surface area contributed by atoms with Crippen LogP contribution in [0.4, 0.5) is 0 Å². The van der Waals surface area contributed by atoms with Gasteiger partial charge in [-0.2, -0.15) is 0 Å². The fraction of sp³-hybridized carbons (Fsp3) is 0.500. The van der Waals surface area contributed by atoms with E-state index in [1.54, 1.807) is 18.7 Å². The van der Waals surface area contributed by atoms with Crippen LogP contribution in [0.3, 0.4) is 0 Å². The fourth-order valence-corrected chi connectivity index (χ4v) is 3.52. The first-order valence-corrected chi connectivity index (χ1v) is 7.26. The molecule has 0 radical (unpaired) electrons. The Kier molecular flexibility index (Phi) is 4.30. The molecular weight excluding hydrogens is 246 g/mol. The molecule has 0 aliphatic carbocycles. The molecule has 18 heavy (non-hydrogen) atoms. The molecule has 0 fully saturated rings. The zero-order valence-electron chi connectivity index (χ0n) is 10.7. The first-order chi connectivity index (χ1) is 8.58. The molecule has 2 rings (SSSR count). The number of benzene rings is 1. The molecule has 0 bridgehead atoms. The number of aliphatic hydroxyl groups excluding tert-OH is 1. The van der Waals surface area contributed by atoms with Crippen LogP contribution >= 0.6 is 11.8 Å². The van der Waals surface area contributed by atoms with E-state index in [2.05, 4.69) is 11.4 Å². The van der Waals surface area contributed by atoms with Crippen molar-refractivity contribution in [3.8, 4) is 0 Å². The first-order valence-electron chi connectivity index (χ1n) is 6.28. The van der Waals surface area contributed by atoms with Crippen molar-refractivity contribution >= 4 is 17.7 Å². The molecule has 0 aromatic heterocycles. The number of rotatable bonds is 4. The number of hydrogen-bond donors (Lipinski definition) is 2. The van der Waals surface area contributed by atoms with Crippen LogP contribution in [-0.2, 0) is 4.79 Å². The van der Waals surface area contributed by atoms with Gasteiger partial charge in [0, 0.05) is 16.7 Å². The van der Waals surface area contributed by atoms with Gasteiger partial charge in [0.25, 0.3) is 0 Å². The number of amides is 1. The Bertz CT molecular complexity index is 434. The van der Waals surface area contributed by atoms with Gasteiger partial charge in [-0.3, -0.25) is 4.79 Å². The van der Waals surface area contributed by atoms with Gasteiger partial charge >= 0.3 is 0 Å². The maximum absolute atomic E-state index is 12.2. The van der Waals surface area contributed by atoms with Crippen molar-refractivity contribution in [2.75, 3.05) is 5.75 Å². The minimum atomic E-state index is -0.384. The molecule has 0 spiro atoms. The molecule has 2 N–H and O–H groups in total. The zero-order chi connectivity index (χ0) is 13.1. The van der Waals surface area contributed by atoms with Crippen LogP contribution in [0.25, 0.3) is 0 Å². The molecule has 4 heteroatoms. The minimum absolute atomic E-state index is 0.00950. The van der Waals surface area contributed by atoms with Crippen molar-refractivity contribution in [1.82, 2.24) is 5.32 Å². The summed E-state index contributed by atoms with van der Waals surface area (Å²) in [6.07, 6.45) is 0.207. The van der Waals surface area contributed by atoms with Crippen molar-refractivity contribution in [1.29, 1.82) is 0 Å². The molecule has 1 amide bonds. The van der Waals surface area contributed by atoms with Gasteiger partial charge in [-0.15, -0.1) is 11.8 Å². The van der Waals surface area contributed by atoms with E-state index in [9.17, 15) is 9.90 Å². The van der Waals surface area contributed by atoms with Crippen molar-refractivity contribution in [2.45, 2.75) is 43.2 Å². The molecule has 3 nitrogen and oxygen atoms in total. The third kappa shape index (κ3) is 3.06. The predicted octanol–water partition coefficient (Wildman–Crippen LogP) is 2.15. The van der Waals surface area contributed by atoms with Gasteiger partial charge in [-0.25, -0.2) is 0 Å². The highest BCUT2D eigenvalue weighted by molar-refractivity contribution is 7.99. The minimum Gasteiger partial charge on any atom is -0.393 e. The Morgan fingerprint density at radius 2 is 2.22 bits per heavy atom. The lowest BCUT2D eigenvalue weighted by Gasteiger charge is -2.18. The predicted molar refractivity (Wildman–Crippen MR) is 73.8 cm³/mol. The molecule has 1 aliphatic rings. The number of hydrogen-bond acceptors (Lipinski definition) is 3. The van der Waals surface area contributed by atoms with E-state index in [-0.39, 0.29) is 24.0 Å². The SMILES string of the molecule is CC(O)CC(C)NC(=O)C1CSc2ccccc21. The summed E-state index contributed by atoms with van der Waals surface area (Å²) in [5.74, 6) is 0.829. The van der Waals surface area contributed by atoms with E-state index in [0.717, 1.165) is 11.3 Å². The Labute approximate surface area is 112 Å². The Hall–Kier alpha value is -1.00. The molecule has 98 valence electrons. The summed E-state index contributed by atoms with van der Waals surface area (Å²) in [4.78, 5) is 13.4. The largest absolute Gasteiger partial charge is 0.393 e. The molecule has 3 unspecified atom stereocenters. The summed E-state index contributed by atoms with van der Waals surface area (Å²) in [6.45, 7) is 3.67. The van der Waals surface area contributed by atoms with Crippen LogP contribution in [0.1, 0.15) is 31.7 Å². The maximum Gasteiger partial charge on any atom is 0.228 e. The molecule has 0 saturated heterocycles. The van der Waals surface area contributed by atoms with Crippen LogP contribution in [0.2, 0.25) is 0 Å². The lowest BCUT2D eigenvalue weighted by Crippen LogP contribution is -2.38. The number of nitrogens with one attached hydrogen (secondary N) is 1. The van der Waals surface area contributed by atoms with Crippen LogP contribution in [-0.4, -0.2) is 28.9 Å². The van der Waals surface area contributed by atoms with Crippen LogP contribution in [0.5, 0.6) is 0 Å².